The van der Waals surface area contributed by atoms with E-state index in [1.165, 1.54) is 82.8 Å². The van der Waals surface area contributed by atoms with Crippen LogP contribution in [0, 0.1) is 0 Å². The minimum absolute atomic E-state index is 0.235. The Hall–Kier alpha value is -2.69. The van der Waals surface area contributed by atoms with Gasteiger partial charge >= 0.3 is 5.97 Å². The van der Waals surface area contributed by atoms with Gasteiger partial charge in [0.05, 0.1) is 23.5 Å². The van der Waals surface area contributed by atoms with Crippen LogP contribution in [0.2, 0.25) is 0 Å². The number of ether oxygens (including phenoxy) is 1. The number of carboxylic acids is 1. The van der Waals surface area contributed by atoms with Crippen LogP contribution in [-0.4, -0.2) is 17.7 Å². The molecular formula is C27H38N2O3. The lowest BCUT2D eigenvalue weighted by Gasteiger charge is -2.06. The number of rotatable bonds is 17. The molecule has 5 heteroatoms. The van der Waals surface area contributed by atoms with Crippen LogP contribution in [0.1, 0.15) is 94.3 Å². The average Bonchev–Trinajstić information content (AvgIpc) is 2.81. The van der Waals surface area contributed by atoms with Gasteiger partial charge in [0.2, 0.25) is 0 Å². The first kappa shape index (κ1) is 25.6. The third-order valence-electron chi connectivity index (χ3n) is 5.50. The lowest BCUT2D eigenvalue weighted by atomic mass is 10.1. The maximum atomic E-state index is 10.9. The predicted molar refractivity (Wildman–Crippen MR) is 131 cm³/mol. The van der Waals surface area contributed by atoms with Crippen molar-refractivity contribution in [2.75, 3.05) is 6.61 Å². The molecule has 0 radical (unpaired) electrons. The van der Waals surface area contributed by atoms with Gasteiger partial charge in [-0.05, 0) is 55.0 Å². The molecule has 2 aromatic rings. The standard InChI is InChI=1S/C27H38N2O3/c1-2-3-4-5-6-7-8-9-10-11-12-13-22-32-26-20-18-25(19-21-26)29-28-24-16-14-23(15-17-24)27(30)31/h14-21H,2-13,22H2,1H3,(H,30,31). The highest BCUT2D eigenvalue weighted by atomic mass is 16.5. The fourth-order valence-electron chi connectivity index (χ4n) is 3.53. The molecule has 2 rings (SSSR count). The van der Waals surface area contributed by atoms with Gasteiger partial charge in [-0.25, -0.2) is 4.79 Å². The minimum Gasteiger partial charge on any atom is -0.494 e. The fraction of sp³-hybridized carbons (Fsp3) is 0.519. The second-order valence-electron chi connectivity index (χ2n) is 8.28. The van der Waals surface area contributed by atoms with Crippen molar-refractivity contribution in [2.24, 2.45) is 10.2 Å². The topological polar surface area (TPSA) is 71.2 Å². The molecule has 0 unspecified atom stereocenters. The maximum absolute atomic E-state index is 10.9. The van der Waals surface area contributed by atoms with Crippen molar-refractivity contribution < 1.29 is 14.6 Å². The molecule has 1 N–H and O–H groups in total. The van der Waals surface area contributed by atoms with Crippen molar-refractivity contribution in [1.82, 2.24) is 0 Å². The second-order valence-corrected chi connectivity index (χ2v) is 8.28. The van der Waals surface area contributed by atoms with Crippen LogP contribution in [0.25, 0.3) is 0 Å². The molecule has 0 bridgehead atoms. The van der Waals surface area contributed by atoms with E-state index in [-0.39, 0.29) is 5.56 Å². The van der Waals surface area contributed by atoms with E-state index >= 15 is 0 Å². The van der Waals surface area contributed by atoms with Crippen LogP contribution in [0.5, 0.6) is 5.75 Å². The molecule has 2 aromatic carbocycles. The van der Waals surface area contributed by atoms with Crippen molar-refractivity contribution in [3.05, 3.63) is 54.1 Å². The molecule has 0 saturated heterocycles. The van der Waals surface area contributed by atoms with Crippen LogP contribution < -0.4 is 4.74 Å². The van der Waals surface area contributed by atoms with Gasteiger partial charge in [-0.15, -0.1) is 0 Å². The molecule has 5 nitrogen and oxygen atoms in total. The first-order chi connectivity index (χ1) is 15.7. The molecule has 0 spiro atoms. The zero-order chi connectivity index (χ0) is 22.9. The van der Waals surface area contributed by atoms with E-state index in [1.807, 2.05) is 24.3 Å². The van der Waals surface area contributed by atoms with Crippen LogP contribution >= 0.6 is 0 Å². The van der Waals surface area contributed by atoms with Crippen LogP contribution in [0.15, 0.2) is 58.8 Å². The van der Waals surface area contributed by atoms with Crippen molar-refractivity contribution in [1.29, 1.82) is 0 Å². The Balaban J connectivity index is 1.52. The van der Waals surface area contributed by atoms with Gasteiger partial charge in [-0.3, -0.25) is 0 Å². The number of hydrogen-bond donors (Lipinski definition) is 1. The number of hydrogen-bond acceptors (Lipinski definition) is 4. The Bertz CT molecular complexity index is 786. The summed E-state index contributed by atoms with van der Waals surface area (Å²) in [4.78, 5) is 10.9. The lowest BCUT2D eigenvalue weighted by molar-refractivity contribution is 0.0697. The van der Waals surface area contributed by atoms with E-state index in [9.17, 15) is 4.79 Å². The monoisotopic (exact) mass is 438 g/mol. The van der Waals surface area contributed by atoms with Gasteiger partial charge in [0.25, 0.3) is 0 Å². The minimum atomic E-state index is -0.951. The number of unbranched alkanes of at least 4 members (excludes halogenated alkanes) is 11. The molecule has 0 aliphatic rings. The predicted octanol–water partition coefficient (Wildman–Crippen LogP) is 8.88. The van der Waals surface area contributed by atoms with E-state index in [4.69, 9.17) is 9.84 Å². The zero-order valence-corrected chi connectivity index (χ0v) is 19.5. The van der Waals surface area contributed by atoms with Crippen LogP contribution in [-0.2, 0) is 0 Å². The Labute approximate surface area is 192 Å². The summed E-state index contributed by atoms with van der Waals surface area (Å²) in [6.07, 6.45) is 16.1. The normalized spacial score (nSPS) is 11.2. The van der Waals surface area contributed by atoms with Gasteiger partial charge in [0, 0.05) is 0 Å². The second kappa shape index (κ2) is 16.0. The Morgan fingerprint density at radius 1 is 0.688 bits per heavy atom. The number of nitrogens with zero attached hydrogens (tertiary/aromatic N) is 2. The van der Waals surface area contributed by atoms with Crippen molar-refractivity contribution in [3.8, 4) is 5.75 Å². The summed E-state index contributed by atoms with van der Waals surface area (Å²) < 4.78 is 5.82. The highest BCUT2D eigenvalue weighted by molar-refractivity contribution is 5.87. The van der Waals surface area contributed by atoms with Crippen molar-refractivity contribution in [3.63, 3.8) is 0 Å². The van der Waals surface area contributed by atoms with E-state index in [1.54, 1.807) is 12.1 Å². The average molecular weight is 439 g/mol. The molecular weight excluding hydrogens is 400 g/mol. The van der Waals surface area contributed by atoms with Crippen LogP contribution in [0.4, 0.5) is 11.4 Å². The SMILES string of the molecule is CCCCCCCCCCCCCCOc1ccc(N=Nc2ccc(C(=O)O)cc2)cc1. The highest BCUT2D eigenvalue weighted by Gasteiger charge is 2.01. The molecule has 0 aliphatic carbocycles. The summed E-state index contributed by atoms with van der Waals surface area (Å²) in [6, 6.07) is 13.9. The summed E-state index contributed by atoms with van der Waals surface area (Å²) >= 11 is 0. The van der Waals surface area contributed by atoms with E-state index in [2.05, 4.69) is 17.2 Å². The molecule has 0 heterocycles. The number of carboxylic acid groups (broad SMARTS) is 1. The molecule has 0 fully saturated rings. The number of aromatic carboxylic acids is 1. The van der Waals surface area contributed by atoms with E-state index in [0.29, 0.717) is 5.69 Å². The van der Waals surface area contributed by atoms with Gasteiger partial charge in [-0.2, -0.15) is 10.2 Å². The first-order valence-electron chi connectivity index (χ1n) is 12.2. The highest BCUT2D eigenvalue weighted by Crippen LogP contribution is 2.22. The van der Waals surface area contributed by atoms with E-state index in [0.717, 1.165) is 24.5 Å². The summed E-state index contributed by atoms with van der Waals surface area (Å²) in [5, 5.41) is 17.2. The summed E-state index contributed by atoms with van der Waals surface area (Å²) in [6.45, 7) is 3.01. The molecule has 0 saturated carbocycles. The van der Waals surface area contributed by atoms with Gasteiger partial charge in [0.1, 0.15) is 5.75 Å². The summed E-state index contributed by atoms with van der Waals surface area (Å²) in [5.41, 5.74) is 1.57. The molecule has 0 aromatic heterocycles. The summed E-state index contributed by atoms with van der Waals surface area (Å²) in [5.74, 6) is -0.106. The third kappa shape index (κ3) is 11.1. The smallest absolute Gasteiger partial charge is 0.335 e. The Kier molecular flexibility index (Phi) is 12.8. The van der Waals surface area contributed by atoms with Crippen molar-refractivity contribution in [2.45, 2.75) is 84.0 Å². The number of carbonyl (C=O) groups is 1. The van der Waals surface area contributed by atoms with Crippen LogP contribution in [0.3, 0.4) is 0 Å². The van der Waals surface area contributed by atoms with Gasteiger partial charge in [-0.1, -0.05) is 77.6 Å². The molecule has 0 amide bonds. The molecule has 174 valence electrons. The Morgan fingerprint density at radius 3 is 1.59 bits per heavy atom. The molecule has 32 heavy (non-hydrogen) atoms. The summed E-state index contributed by atoms with van der Waals surface area (Å²) in [7, 11) is 0. The first-order valence-corrected chi connectivity index (χ1v) is 12.2. The molecule has 0 atom stereocenters. The largest absolute Gasteiger partial charge is 0.494 e. The molecule has 0 aliphatic heterocycles. The maximum Gasteiger partial charge on any atom is 0.335 e. The van der Waals surface area contributed by atoms with E-state index < -0.39 is 5.97 Å². The number of benzene rings is 2. The Morgan fingerprint density at radius 2 is 1.12 bits per heavy atom. The van der Waals surface area contributed by atoms with Crippen molar-refractivity contribution >= 4 is 17.3 Å². The van der Waals surface area contributed by atoms with Gasteiger partial charge in [0.15, 0.2) is 0 Å². The zero-order valence-electron chi connectivity index (χ0n) is 19.5. The quantitative estimate of drug-likeness (QED) is 0.198. The third-order valence-corrected chi connectivity index (χ3v) is 5.50. The van der Waals surface area contributed by atoms with Gasteiger partial charge < -0.3 is 9.84 Å². The fourth-order valence-corrected chi connectivity index (χ4v) is 3.53. The number of azo groups is 1. The lowest BCUT2D eigenvalue weighted by Crippen LogP contribution is -1.96.